The van der Waals surface area contributed by atoms with E-state index in [1.54, 1.807) is 12.1 Å². The number of nitrogens with zero attached hydrogens (tertiary/aromatic N) is 1. The van der Waals surface area contributed by atoms with E-state index in [9.17, 15) is 17.6 Å². The molecule has 0 aliphatic heterocycles. The summed E-state index contributed by atoms with van der Waals surface area (Å²) >= 11 is 6.15. The highest BCUT2D eigenvalue weighted by atomic mass is 35.5. The smallest absolute Gasteiger partial charge is 0.312 e. The van der Waals surface area contributed by atoms with E-state index < -0.39 is 18.2 Å². The van der Waals surface area contributed by atoms with Gasteiger partial charge in [-0.3, -0.25) is 0 Å². The Morgan fingerprint density at radius 2 is 1.89 bits per heavy atom. The number of hydrogen-bond acceptors (Lipinski definition) is 4. The molecule has 2 aromatic carbocycles. The van der Waals surface area contributed by atoms with Crippen LogP contribution in [0.15, 0.2) is 30.3 Å². The molecule has 1 heterocycles. The number of pyridine rings is 1. The molecule has 1 N–H and O–H groups in total. The molecule has 1 aromatic heterocycles. The first-order valence-corrected chi connectivity index (χ1v) is 11.8. The predicted molar refractivity (Wildman–Crippen MR) is 134 cm³/mol. The summed E-state index contributed by atoms with van der Waals surface area (Å²) in [7, 11) is 1.48. The molecule has 36 heavy (non-hydrogen) atoms. The first-order chi connectivity index (χ1) is 17.2. The lowest BCUT2D eigenvalue weighted by molar-refractivity contribution is 0.131. The average molecular weight is 523 g/mol. The van der Waals surface area contributed by atoms with Gasteiger partial charge >= 0.3 is 6.55 Å². The van der Waals surface area contributed by atoms with Gasteiger partial charge in [0.1, 0.15) is 17.2 Å². The minimum absolute atomic E-state index is 0.230. The topological polar surface area (TPSA) is 43.4 Å². The summed E-state index contributed by atoms with van der Waals surface area (Å²) in [6.45, 7) is 5.33. The highest BCUT2D eigenvalue weighted by Gasteiger charge is 2.21. The van der Waals surface area contributed by atoms with Crippen LogP contribution in [0.2, 0.25) is 5.02 Å². The van der Waals surface area contributed by atoms with Gasteiger partial charge in [0.25, 0.3) is 0 Å². The molecule has 0 atom stereocenters. The maximum Gasteiger partial charge on any atom is 0.312 e. The van der Waals surface area contributed by atoms with E-state index in [-0.39, 0.29) is 10.6 Å². The number of benzene rings is 2. The number of halogens is 5. The molecule has 0 radical (unpaired) electrons. The summed E-state index contributed by atoms with van der Waals surface area (Å²) in [5.41, 5.74) is 2.91. The zero-order valence-electron chi connectivity index (χ0n) is 20.2. The number of aromatic nitrogens is 1. The average Bonchev–Trinajstić information content (AvgIpc) is 2.86. The van der Waals surface area contributed by atoms with Gasteiger partial charge < -0.3 is 14.8 Å². The molecule has 3 rings (SSSR count). The Hall–Kier alpha value is -3.26. The maximum absolute atomic E-state index is 14.3. The van der Waals surface area contributed by atoms with E-state index in [4.69, 9.17) is 26.1 Å². The molecule has 3 aromatic rings. The molecule has 0 fully saturated rings. The van der Waals surface area contributed by atoms with Gasteiger partial charge in [-0.1, -0.05) is 25.1 Å². The fourth-order valence-electron chi connectivity index (χ4n) is 3.84. The van der Waals surface area contributed by atoms with Crippen LogP contribution in [0.5, 0.6) is 11.5 Å². The highest BCUT2D eigenvalue weighted by Crippen LogP contribution is 2.38. The van der Waals surface area contributed by atoms with E-state index in [1.165, 1.54) is 19.4 Å². The number of ether oxygens (including phenoxy) is 2. The molecule has 0 bridgehead atoms. The maximum atomic E-state index is 14.3. The lowest BCUT2D eigenvalue weighted by Crippen LogP contribution is -2.29. The van der Waals surface area contributed by atoms with Gasteiger partial charge in [-0.25, -0.2) is 13.8 Å². The van der Waals surface area contributed by atoms with E-state index in [2.05, 4.69) is 6.58 Å². The van der Waals surface area contributed by atoms with Gasteiger partial charge in [0, 0.05) is 27.9 Å². The van der Waals surface area contributed by atoms with Crippen molar-refractivity contribution in [3.05, 3.63) is 74.2 Å². The zero-order chi connectivity index (χ0) is 26.4. The summed E-state index contributed by atoms with van der Waals surface area (Å²) in [5.74, 6) is -1.26. The first kappa shape index (κ1) is 27.3. The fraction of sp³-hybridized carbons (Fsp3) is 0.296. The fourth-order valence-corrected chi connectivity index (χ4v) is 4.08. The van der Waals surface area contributed by atoms with Crippen molar-refractivity contribution in [1.29, 1.82) is 0 Å². The van der Waals surface area contributed by atoms with Crippen molar-refractivity contribution in [2.24, 2.45) is 0 Å². The van der Waals surface area contributed by atoms with Gasteiger partial charge in [-0.2, -0.15) is 8.78 Å². The Morgan fingerprint density at radius 1 is 1.14 bits per heavy atom. The number of alkyl halides is 2. The molecule has 0 aliphatic rings. The summed E-state index contributed by atoms with van der Waals surface area (Å²) in [6.07, 6.45) is 2.78. The summed E-state index contributed by atoms with van der Waals surface area (Å²) in [5, 5.41) is 2.57. The van der Waals surface area contributed by atoms with Gasteiger partial charge in [0.15, 0.2) is 11.6 Å². The molecule has 0 aliphatic carbocycles. The van der Waals surface area contributed by atoms with Crippen LogP contribution in [-0.2, 0) is 19.3 Å². The Kier molecular flexibility index (Phi) is 9.20. The van der Waals surface area contributed by atoms with Gasteiger partial charge in [0.2, 0.25) is 0 Å². The van der Waals surface area contributed by atoms with Crippen LogP contribution >= 0.6 is 11.6 Å². The minimum Gasteiger partial charge on any atom is -0.496 e. The van der Waals surface area contributed by atoms with Gasteiger partial charge in [-0.05, 0) is 67.6 Å². The lowest BCUT2D eigenvalue weighted by atomic mass is 10.0. The van der Waals surface area contributed by atoms with Crippen LogP contribution in [0.1, 0.15) is 30.7 Å². The van der Waals surface area contributed by atoms with Crippen LogP contribution in [0.3, 0.4) is 0 Å². The van der Waals surface area contributed by atoms with Crippen molar-refractivity contribution in [3.8, 4) is 22.8 Å². The molecule has 0 saturated heterocycles. The third-order valence-electron chi connectivity index (χ3n) is 5.62. The highest BCUT2D eigenvalue weighted by molar-refractivity contribution is 6.33. The van der Waals surface area contributed by atoms with Gasteiger partial charge in [0.05, 0.1) is 18.7 Å². The van der Waals surface area contributed by atoms with Crippen molar-refractivity contribution in [1.82, 2.24) is 10.3 Å². The summed E-state index contributed by atoms with van der Waals surface area (Å²) in [6, 6.07) is 7.84. The molecule has 0 spiro atoms. The van der Waals surface area contributed by atoms with E-state index >= 15 is 0 Å². The second kappa shape index (κ2) is 12.1. The van der Waals surface area contributed by atoms with E-state index in [1.807, 2.05) is 25.2 Å². The number of nitrogens with one attached hydrogen (secondary N) is 1. The molecule has 4 nitrogen and oxygen atoms in total. The lowest BCUT2D eigenvalue weighted by Gasteiger charge is -2.17. The molecular weight excluding hydrogens is 496 g/mol. The Labute approximate surface area is 212 Å². The standard InChI is InChI=1S/C27H27ClF4N2O2/c1-5-17-13-19(8-7-16-11-18(14-33-27(31)32)15(3)22(12-16)35-4)34-25(26(17)36-6-2)20-9-10-21(29)24(30)23(20)28/h9-14,27,33H,3,5-8H2,1-2,4H3/b18-14-. The van der Waals surface area contributed by atoms with Gasteiger partial charge in [-0.15, -0.1) is 0 Å². The monoisotopic (exact) mass is 522 g/mol. The molecule has 0 saturated carbocycles. The van der Waals surface area contributed by atoms with Crippen LogP contribution < -0.4 is 25.2 Å². The largest absolute Gasteiger partial charge is 0.496 e. The summed E-state index contributed by atoms with van der Waals surface area (Å²) in [4.78, 5) is 4.70. The Balaban J connectivity index is 2.04. The molecule has 0 amide bonds. The molecular formula is C27H27ClF4N2O2. The minimum atomic E-state index is -2.71. The second-order valence-electron chi connectivity index (χ2n) is 7.94. The van der Waals surface area contributed by atoms with Crippen LogP contribution in [0.25, 0.3) is 24.0 Å². The van der Waals surface area contributed by atoms with Crippen molar-refractivity contribution in [3.63, 3.8) is 0 Å². The number of aryl methyl sites for hydroxylation is 3. The Bertz CT molecular complexity index is 1350. The normalized spacial score (nSPS) is 11.8. The van der Waals surface area contributed by atoms with Crippen LogP contribution in [0, 0.1) is 11.6 Å². The zero-order valence-corrected chi connectivity index (χ0v) is 21.0. The van der Waals surface area contributed by atoms with Crippen molar-refractivity contribution in [2.75, 3.05) is 13.7 Å². The number of hydrogen-bond donors (Lipinski definition) is 1. The first-order valence-electron chi connectivity index (χ1n) is 11.4. The predicted octanol–water partition coefficient (Wildman–Crippen LogP) is 5.40. The third kappa shape index (κ3) is 6.10. The van der Waals surface area contributed by atoms with E-state index in [0.29, 0.717) is 59.2 Å². The molecule has 192 valence electrons. The summed E-state index contributed by atoms with van der Waals surface area (Å²) < 4.78 is 64.5. The Morgan fingerprint density at radius 3 is 2.53 bits per heavy atom. The van der Waals surface area contributed by atoms with E-state index in [0.717, 1.165) is 17.2 Å². The SMILES string of the molecule is C=c1c(OC)cc(CCc2cc(CC)c(OCC)c(-c3ccc(F)c(F)c3Cl)n2)c/c1=C/NC(F)F. The van der Waals surface area contributed by atoms with Crippen molar-refractivity contribution < 1.29 is 27.0 Å². The van der Waals surface area contributed by atoms with Crippen molar-refractivity contribution >= 4 is 24.4 Å². The number of methoxy groups -OCH3 is 1. The van der Waals surface area contributed by atoms with Crippen LogP contribution in [0.4, 0.5) is 17.6 Å². The number of rotatable bonds is 10. The quantitative estimate of drug-likeness (QED) is 0.220. The molecule has 0 unspecified atom stereocenters. The second-order valence-corrected chi connectivity index (χ2v) is 8.32. The van der Waals surface area contributed by atoms with Crippen molar-refractivity contribution in [2.45, 2.75) is 39.7 Å². The molecule has 9 heteroatoms. The van der Waals surface area contributed by atoms with Crippen LogP contribution in [-0.4, -0.2) is 25.3 Å². The third-order valence-corrected chi connectivity index (χ3v) is 5.99.